The molecule has 0 aromatic heterocycles. The summed E-state index contributed by atoms with van der Waals surface area (Å²) in [6.07, 6.45) is 2.35. The van der Waals surface area contributed by atoms with Crippen LogP contribution in [0.2, 0.25) is 0 Å². The van der Waals surface area contributed by atoms with Crippen molar-refractivity contribution in [3.05, 3.63) is 83.4 Å². The highest BCUT2D eigenvalue weighted by atomic mass is 35.5. The number of nitrogens with zero attached hydrogens (tertiary/aromatic N) is 1. The second-order valence-corrected chi connectivity index (χ2v) is 9.09. The Balaban J connectivity index is 1.72. The number of nitrogens with one attached hydrogen (secondary N) is 1. The van der Waals surface area contributed by atoms with E-state index in [1.807, 2.05) is 54.6 Å². The van der Waals surface area contributed by atoms with Gasteiger partial charge in [-0.2, -0.15) is 0 Å². The molecule has 0 aliphatic carbocycles. The van der Waals surface area contributed by atoms with Crippen LogP contribution in [0.25, 0.3) is 10.8 Å². The summed E-state index contributed by atoms with van der Waals surface area (Å²) < 4.78 is 11.2. The number of carbonyl (C=O) groups is 2. The minimum absolute atomic E-state index is 0.125. The summed E-state index contributed by atoms with van der Waals surface area (Å²) >= 11 is 5.88. The first kappa shape index (κ1) is 24.6. The maximum atomic E-state index is 14.0. The van der Waals surface area contributed by atoms with Gasteiger partial charge in [0, 0.05) is 23.7 Å². The molecule has 6 nitrogen and oxygen atoms in total. The van der Waals surface area contributed by atoms with Gasteiger partial charge in [-0.15, -0.1) is 0 Å². The lowest BCUT2D eigenvalue weighted by molar-refractivity contribution is -0.125. The van der Waals surface area contributed by atoms with Gasteiger partial charge in [0.1, 0.15) is 12.6 Å². The number of methoxy groups -OCH3 is 1. The van der Waals surface area contributed by atoms with E-state index in [4.69, 9.17) is 21.1 Å². The first-order valence-electron chi connectivity index (χ1n) is 11.7. The zero-order valence-electron chi connectivity index (χ0n) is 19.8. The van der Waals surface area contributed by atoms with E-state index in [1.54, 1.807) is 18.1 Å². The predicted octanol–water partition coefficient (Wildman–Crippen LogP) is 5.29. The molecule has 1 N–H and O–H groups in total. The van der Waals surface area contributed by atoms with Crippen molar-refractivity contribution in [2.45, 2.75) is 31.8 Å². The normalized spacial score (nSPS) is 15.7. The minimum Gasteiger partial charge on any atom is -0.493 e. The standard InChI is InChI=1S/C28H29ClN2O4/c1-19(29)18-35-26-16-20(13-14-25(26)34-2)17-31(24-12-5-6-15-30-27(24)32)28(33)23-11-7-9-21-8-3-4-10-22(21)23/h3-4,7-11,13-14,16,24H,1,5-6,12,15,17-18H2,2H3,(H,30,32)/t24-/m0/s1. The van der Waals surface area contributed by atoms with Gasteiger partial charge in [-0.3, -0.25) is 9.59 Å². The van der Waals surface area contributed by atoms with Crippen LogP contribution in [0.4, 0.5) is 0 Å². The van der Waals surface area contributed by atoms with Crippen LogP contribution in [-0.2, 0) is 11.3 Å². The summed E-state index contributed by atoms with van der Waals surface area (Å²) in [6, 6.07) is 18.4. The lowest BCUT2D eigenvalue weighted by Crippen LogP contribution is -2.48. The van der Waals surface area contributed by atoms with Crippen molar-refractivity contribution in [2.75, 3.05) is 20.3 Å². The van der Waals surface area contributed by atoms with Gasteiger partial charge in [0.25, 0.3) is 5.91 Å². The Morgan fingerprint density at radius 1 is 1.11 bits per heavy atom. The molecule has 1 aliphatic rings. The van der Waals surface area contributed by atoms with Crippen LogP contribution in [0.1, 0.15) is 35.2 Å². The van der Waals surface area contributed by atoms with Gasteiger partial charge in [0.2, 0.25) is 5.91 Å². The molecule has 0 saturated carbocycles. The lowest BCUT2D eigenvalue weighted by Gasteiger charge is -2.31. The quantitative estimate of drug-likeness (QED) is 0.464. The molecule has 35 heavy (non-hydrogen) atoms. The fourth-order valence-corrected chi connectivity index (χ4v) is 4.45. The van der Waals surface area contributed by atoms with Gasteiger partial charge in [-0.25, -0.2) is 0 Å². The van der Waals surface area contributed by atoms with Crippen molar-refractivity contribution in [1.29, 1.82) is 0 Å². The van der Waals surface area contributed by atoms with Gasteiger partial charge < -0.3 is 19.7 Å². The van der Waals surface area contributed by atoms with Crippen LogP contribution >= 0.6 is 11.6 Å². The first-order valence-corrected chi connectivity index (χ1v) is 12.0. The third-order valence-electron chi connectivity index (χ3n) is 6.13. The van der Waals surface area contributed by atoms with Gasteiger partial charge in [-0.05, 0) is 53.8 Å². The van der Waals surface area contributed by atoms with Crippen LogP contribution in [0.3, 0.4) is 0 Å². The van der Waals surface area contributed by atoms with Crippen molar-refractivity contribution < 1.29 is 19.1 Å². The molecule has 3 aromatic carbocycles. The number of hydrogen-bond acceptors (Lipinski definition) is 4. The SMILES string of the molecule is C=C(Cl)COc1cc(CN(C(=O)c2cccc3ccccc23)[C@H]2CCCCNC2=O)ccc1OC. The number of amides is 2. The molecule has 182 valence electrons. The number of halogens is 1. The van der Waals surface area contributed by atoms with Crippen LogP contribution in [0, 0.1) is 0 Å². The summed E-state index contributed by atoms with van der Waals surface area (Å²) in [6.45, 7) is 4.65. The molecule has 1 saturated heterocycles. The van der Waals surface area contributed by atoms with Crippen molar-refractivity contribution >= 4 is 34.2 Å². The molecule has 4 rings (SSSR count). The second-order valence-electron chi connectivity index (χ2n) is 8.55. The molecular weight excluding hydrogens is 464 g/mol. The van der Waals surface area contributed by atoms with Crippen molar-refractivity contribution in [1.82, 2.24) is 10.2 Å². The van der Waals surface area contributed by atoms with Crippen LogP contribution in [0.5, 0.6) is 11.5 Å². The maximum Gasteiger partial charge on any atom is 0.255 e. The van der Waals surface area contributed by atoms with E-state index < -0.39 is 6.04 Å². The lowest BCUT2D eigenvalue weighted by atomic mass is 10.0. The van der Waals surface area contributed by atoms with Crippen LogP contribution in [-0.4, -0.2) is 43.0 Å². The van der Waals surface area contributed by atoms with E-state index in [-0.39, 0.29) is 25.0 Å². The number of hydrogen-bond donors (Lipinski definition) is 1. The topological polar surface area (TPSA) is 67.9 Å². The van der Waals surface area contributed by atoms with E-state index in [0.717, 1.165) is 29.2 Å². The third kappa shape index (κ3) is 5.77. The molecular formula is C28H29ClN2O4. The molecule has 1 heterocycles. The summed E-state index contributed by atoms with van der Waals surface area (Å²) in [5, 5.41) is 5.16. The zero-order chi connectivity index (χ0) is 24.8. The van der Waals surface area contributed by atoms with E-state index in [1.165, 1.54) is 0 Å². The Morgan fingerprint density at radius 3 is 2.71 bits per heavy atom. The van der Waals surface area contributed by atoms with Gasteiger partial charge in [-0.1, -0.05) is 60.6 Å². The highest BCUT2D eigenvalue weighted by Gasteiger charge is 2.32. The Labute approximate surface area is 210 Å². The van der Waals surface area contributed by atoms with E-state index in [2.05, 4.69) is 11.9 Å². The maximum absolute atomic E-state index is 14.0. The van der Waals surface area contributed by atoms with Gasteiger partial charge in [0.15, 0.2) is 11.5 Å². The number of carbonyl (C=O) groups excluding carboxylic acids is 2. The smallest absolute Gasteiger partial charge is 0.255 e. The summed E-state index contributed by atoms with van der Waals surface area (Å²) in [7, 11) is 1.56. The Kier molecular flexibility index (Phi) is 7.93. The van der Waals surface area contributed by atoms with Crippen molar-refractivity contribution in [3.63, 3.8) is 0 Å². The van der Waals surface area contributed by atoms with Crippen LogP contribution < -0.4 is 14.8 Å². The van der Waals surface area contributed by atoms with Crippen LogP contribution in [0.15, 0.2) is 72.3 Å². The Morgan fingerprint density at radius 2 is 1.91 bits per heavy atom. The fourth-order valence-electron chi connectivity index (χ4n) is 4.40. The molecule has 1 fully saturated rings. The number of ether oxygens (including phenoxy) is 2. The molecule has 0 unspecified atom stereocenters. The Hall–Kier alpha value is -3.51. The summed E-state index contributed by atoms with van der Waals surface area (Å²) in [5.41, 5.74) is 1.38. The van der Waals surface area contributed by atoms with Crippen molar-refractivity contribution in [2.24, 2.45) is 0 Å². The van der Waals surface area contributed by atoms with Crippen molar-refractivity contribution in [3.8, 4) is 11.5 Å². The molecule has 0 radical (unpaired) electrons. The molecule has 1 aliphatic heterocycles. The van der Waals surface area contributed by atoms with E-state index in [0.29, 0.717) is 35.1 Å². The largest absolute Gasteiger partial charge is 0.493 e. The number of benzene rings is 3. The number of fused-ring (bicyclic) bond motifs is 1. The highest BCUT2D eigenvalue weighted by molar-refractivity contribution is 6.29. The Bertz CT molecular complexity index is 1240. The zero-order valence-corrected chi connectivity index (χ0v) is 20.5. The summed E-state index contributed by atoms with van der Waals surface area (Å²) in [5.74, 6) is 0.733. The average Bonchev–Trinajstić information content (AvgIpc) is 3.09. The summed E-state index contributed by atoms with van der Waals surface area (Å²) in [4.78, 5) is 28.7. The molecule has 1 atom stereocenters. The molecule has 3 aromatic rings. The molecule has 0 bridgehead atoms. The predicted molar refractivity (Wildman–Crippen MR) is 138 cm³/mol. The second kappa shape index (κ2) is 11.3. The molecule has 0 spiro atoms. The van der Waals surface area contributed by atoms with Gasteiger partial charge in [0.05, 0.1) is 7.11 Å². The first-order chi connectivity index (χ1) is 17.0. The average molecular weight is 493 g/mol. The van der Waals surface area contributed by atoms with E-state index >= 15 is 0 Å². The monoisotopic (exact) mass is 492 g/mol. The molecule has 2 amide bonds. The third-order valence-corrected chi connectivity index (χ3v) is 6.24. The fraction of sp³-hybridized carbons (Fsp3) is 0.286. The van der Waals surface area contributed by atoms with Gasteiger partial charge >= 0.3 is 0 Å². The highest BCUT2D eigenvalue weighted by Crippen LogP contribution is 2.31. The molecule has 7 heteroatoms. The van der Waals surface area contributed by atoms with E-state index in [9.17, 15) is 9.59 Å². The minimum atomic E-state index is -0.571. The number of rotatable bonds is 8.